The molecule has 1 amide bonds. The molecule has 7 rings (SSSR count). The van der Waals surface area contributed by atoms with Crippen molar-refractivity contribution in [3.63, 3.8) is 0 Å². The van der Waals surface area contributed by atoms with Crippen LogP contribution in [0.4, 0.5) is 9.18 Å². The summed E-state index contributed by atoms with van der Waals surface area (Å²) in [6, 6.07) is 14.8. The minimum Gasteiger partial charge on any atom is -0.444 e. The number of halogens is 1. The third-order valence-corrected chi connectivity index (χ3v) is 17.3. The van der Waals surface area contributed by atoms with Gasteiger partial charge in [-0.3, -0.25) is 13.8 Å². The Labute approximate surface area is 332 Å². The Morgan fingerprint density at radius 3 is 2.32 bits per heavy atom. The predicted molar refractivity (Wildman–Crippen MR) is 221 cm³/mol. The second-order valence-corrected chi connectivity index (χ2v) is 23.9. The minimum atomic E-state index is -4.46. The quantitative estimate of drug-likeness (QED) is 0.145. The molecule has 302 valence electrons. The zero-order valence-corrected chi connectivity index (χ0v) is 35.9. The van der Waals surface area contributed by atoms with Crippen LogP contribution >= 0.6 is 0 Å². The van der Waals surface area contributed by atoms with E-state index in [1.807, 2.05) is 6.07 Å². The summed E-state index contributed by atoms with van der Waals surface area (Å²) < 4.78 is 63.8. The maximum Gasteiger partial charge on any atom is 0.407 e. The van der Waals surface area contributed by atoms with Crippen molar-refractivity contribution in [1.29, 1.82) is 0 Å². The van der Waals surface area contributed by atoms with Gasteiger partial charge in [0, 0.05) is 44.5 Å². The number of pyridine rings is 1. The van der Waals surface area contributed by atoms with Crippen molar-refractivity contribution in [3.8, 4) is 22.4 Å². The fraction of sp³-hybridized carbons (Fsp3) is 0.415. The molecule has 57 heavy (non-hydrogen) atoms. The molecule has 1 aliphatic rings. The molecule has 4 aromatic heterocycles. The molecule has 6 aromatic rings. The van der Waals surface area contributed by atoms with E-state index in [2.05, 4.69) is 44.3 Å². The number of aryl methyl sites for hydroxylation is 2. The predicted octanol–water partition coefficient (Wildman–Crippen LogP) is 7.88. The summed E-state index contributed by atoms with van der Waals surface area (Å²) in [6.07, 6.45) is 3.46. The van der Waals surface area contributed by atoms with Crippen molar-refractivity contribution >= 4 is 46.5 Å². The summed E-state index contributed by atoms with van der Waals surface area (Å²) in [5, 5.41) is 7.12. The standard InChI is InChI=1S/C41H50FN7O6SSi/c1-40(2,3)54-38(50)44-22-25-15-14-16-26(19-25)32-33-35-31(47(8)39(51)48(35)27-20-28(21-27)55-57(9,10)41(4,5)6)23-43-37(33)49(34(32)30-24-46(7)45-36(30)42)56(52,53)29-17-12-11-13-18-29/h11-19,23-24,27-28H,20-22H2,1-10H3,(H,44,50). The fourth-order valence-electron chi connectivity index (χ4n) is 7.22. The number of carbonyl (C=O) groups excluding carboxylic acids is 1. The Morgan fingerprint density at radius 1 is 1.02 bits per heavy atom. The lowest BCUT2D eigenvalue weighted by atomic mass is 9.89. The number of fused-ring (bicyclic) bond motifs is 3. The largest absolute Gasteiger partial charge is 0.444 e. The molecule has 1 fully saturated rings. The van der Waals surface area contributed by atoms with Gasteiger partial charge in [-0.25, -0.2) is 27.0 Å². The molecule has 1 aliphatic carbocycles. The number of aromatic nitrogens is 6. The fourth-order valence-corrected chi connectivity index (χ4v) is 10.1. The van der Waals surface area contributed by atoms with Gasteiger partial charge in [0.15, 0.2) is 14.0 Å². The first kappa shape index (κ1) is 40.1. The number of imidazole rings is 1. The van der Waals surface area contributed by atoms with Crippen molar-refractivity contribution < 1.29 is 26.8 Å². The first-order valence-electron chi connectivity index (χ1n) is 19.0. The summed E-state index contributed by atoms with van der Waals surface area (Å²) in [5.74, 6) is -0.889. The van der Waals surface area contributed by atoms with Gasteiger partial charge in [0.2, 0.25) is 5.95 Å². The number of alkyl carbamates (subject to hydrolysis) is 1. The van der Waals surface area contributed by atoms with E-state index < -0.39 is 36.0 Å². The maximum absolute atomic E-state index is 16.1. The number of nitrogens with zero attached hydrogens (tertiary/aromatic N) is 6. The van der Waals surface area contributed by atoms with E-state index in [1.165, 1.54) is 33.8 Å². The maximum atomic E-state index is 16.1. The van der Waals surface area contributed by atoms with Crippen LogP contribution in [0, 0.1) is 5.95 Å². The molecule has 4 heterocycles. The summed E-state index contributed by atoms with van der Waals surface area (Å²) in [5.41, 5.74) is 1.41. The normalized spacial score (nSPS) is 16.6. The van der Waals surface area contributed by atoms with Crippen molar-refractivity contribution in [2.24, 2.45) is 14.1 Å². The number of hydrogen-bond acceptors (Lipinski definition) is 8. The van der Waals surface area contributed by atoms with Crippen LogP contribution in [0.25, 0.3) is 44.5 Å². The lowest BCUT2D eigenvalue weighted by Gasteiger charge is -2.45. The van der Waals surface area contributed by atoms with Crippen molar-refractivity contribution in [2.75, 3.05) is 0 Å². The Hall–Kier alpha value is -5.06. The molecule has 0 atom stereocenters. The van der Waals surface area contributed by atoms with Crippen molar-refractivity contribution in [1.82, 2.24) is 33.2 Å². The highest BCUT2D eigenvalue weighted by molar-refractivity contribution is 7.90. The van der Waals surface area contributed by atoms with Crippen LogP contribution in [0.2, 0.25) is 18.1 Å². The molecule has 16 heteroatoms. The van der Waals surface area contributed by atoms with Crippen LogP contribution in [0.1, 0.15) is 66.0 Å². The number of carbonyl (C=O) groups is 1. The third-order valence-electron chi connectivity index (χ3n) is 11.1. The Kier molecular flexibility index (Phi) is 9.93. The summed E-state index contributed by atoms with van der Waals surface area (Å²) >= 11 is 0. The van der Waals surface area contributed by atoms with Crippen LogP contribution in [-0.4, -0.2) is 62.4 Å². The first-order valence-corrected chi connectivity index (χ1v) is 23.3. The molecule has 0 spiro atoms. The van der Waals surface area contributed by atoms with Gasteiger partial charge in [-0.05, 0) is 81.1 Å². The molecule has 0 aliphatic heterocycles. The number of amides is 1. The van der Waals surface area contributed by atoms with Crippen molar-refractivity contribution in [3.05, 3.63) is 89.0 Å². The summed E-state index contributed by atoms with van der Waals surface area (Å²) in [4.78, 5) is 31.7. The Bertz CT molecular complexity index is 2700. The monoisotopic (exact) mass is 815 g/mol. The van der Waals surface area contributed by atoms with Crippen LogP contribution in [0.3, 0.4) is 0 Å². The van der Waals surface area contributed by atoms with Gasteiger partial charge in [-0.1, -0.05) is 57.2 Å². The van der Waals surface area contributed by atoms with Crippen molar-refractivity contribution in [2.45, 2.75) is 102 Å². The van der Waals surface area contributed by atoms with Gasteiger partial charge >= 0.3 is 11.8 Å². The van der Waals surface area contributed by atoms with Gasteiger partial charge in [-0.15, -0.1) is 5.10 Å². The number of hydrogen-bond donors (Lipinski definition) is 1. The minimum absolute atomic E-state index is 0.00316. The number of ether oxygens (including phenoxy) is 1. The lowest BCUT2D eigenvalue weighted by Crippen LogP contribution is -2.48. The van der Waals surface area contributed by atoms with E-state index in [1.54, 1.807) is 75.8 Å². The van der Waals surface area contributed by atoms with Gasteiger partial charge in [0.25, 0.3) is 10.0 Å². The number of nitrogens with one attached hydrogen (secondary N) is 1. The zero-order valence-electron chi connectivity index (χ0n) is 34.0. The average Bonchev–Trinajstić information content (AvgIpc) is 3.72. The highest BCUT2D eigenvalue weighted by atomic mass is 32.2. The van der Waals surface area contributed by atoms with E-state index in [4.69, 9.17) is 14.1 Å². The van der Waals surface area contributed by atoms with E-state index in [0.29, 0.717) is 46.0 Å². The molecule has 13 nitrogen and oxygen atoms in total. The zero-order chi connectivity index (χ0) is 41.4. The molecule has 0 unspecified atom stereocenters. The van der Waals surface area contributed by atoms with E-state index >= 15 is 4.39 Å². The third kappa shape index (κ3) is 7.23. The van der Waals surface area contributed by atoms with E-state index in [9.17, 15) is 18.0 Å². The Balaban J connectivity index is 1.52. The second kappa shape index (κ2) is 14.1. The highest BCUT2D eigenvalue weighted by Gasteiger charge is 2.44. The van der Waals surface area contributed by atoms with Gasteiger partial charge < -0.3 is 14.5 Å². The van der Waals surface area contributed by atoms with E-state index in [-0.39, 0.29) is 51.2 Å². The molecular formula is C41H50FN7O6SSi. The molecule has 0 saturated heterocycles. The summed E-state index contributed by atoms with van der Waals surface area (Å²) in [7, 11) is -3.35. The number of rotatable bonds is 9. The number of benzene rings is 2. The smallest absolute Gasteiger partial charge is 0.407 e. The van der Waals surface area contributed by atoms with Crippen LogP contribution in [0.15, 0.2) is 76.7 Å². The van der Waals surface area contributed by atoms with Gasteiger partial charge in [0.1, 0.15) is 5.60 Å². The van der Waals surface area contributed by atoms with Crippen LogP contribution < -0.4 is 11.0 Å². The summed E-state index contributed by atoms with van der Waals surface area (Å²) in [6.45, 7) is 16.4. The second-order valence-electron chi connectivity index (χ2n) is 17.4. The van der Waals surface area contributed by atoms with Gasteiger partial charge in [0.05, 0.1) is 38.8 Å². The topological polar surface area (TPSA) is 144 Å². The molecule has 2 aromatic carbocycles. The lowest BCUT2D eigenvalue weighted by molar-refractivity contribution is 0.0523. The highest BCUT2D eigenvalue weighted by Crippen LogP contribution is 2.48. The first-order chi connectivity index (χ1) is 26.6. The SMILES string of the molecule is Cn1cc(-c2c(-c3cccc(CNC(=O)OC(C)(C)C)c3)c3c(ncc4c3n(C3CC(O[Si](C)(C)C(C)(C)C)C3)c(=O)n4C)n2S(=O)(=O)c2ccccc2)c(F)n1. The molecule has 0 bridgehead atoms. The molecule has 1 N–H and O–H groups in total. The van der Waals surface area contributed by atoms with Crippen LogP contribution in [-0.2, 0) is 39.8 Å². The Morgan fingerprint density at radius 2 is 1.70 bits per heavy atom. The van der Waals surface area contributed by atoms with Gasteiger partial charge in [-0.2, -0.15) is 4.39 Å². The van der Waals surface area contributed by atoms with Crippen LogP contribution in [0.5, 0.6) is 0 Å². The molecular weight excluding hydrogens is 766 g/mol. The molecule has 1 saturated carbocycles. The average molecular weight is 816 g/mol. The molecule has 0 radical (unpaired) electrons. The van der Waals surface area contributed by atoms with E-state index in [0.717, 1.165) is 3.97 Å².